The van der Waals surface area contributed by atoms with E-state index < -0.39 is 0 Å². The van der Waals surface area contributed by atoms with Gasteiger partial charge >= 0.3 is 0 Å². The van der Waals surface area contributed by atoms with E-state index in [0.717, 1.165) is 45.1 Å². The lowest BCUT2D eigenvalue weighted by Crippen LogP contribution is -2.42. The Kier molecular flexibility index (Phi) is 11.1. The maximum atomic E-state index is 5.34. The minimum atomic E-state index is 0.648. The highest BCUT2D eigenvalue weighted by molar-refractivity contribution is 5.79. The largest absolute Gasteiger partial charge is 0.382 e. The standard InChI is InChI=1S/C17H36N4O/c1-4-22-13-9-6-10-19-17(18-3)20-14-16(2)15-21-11-7-5-8-12-21/h16H,4-15H2,1-3H3,(H2,18,19,20). The summed E-state index contributed by atoms with van der Waals surface area (Å²) in [4.78, 5) is 6.89. The highest BCUT2D eigenvalue weighted by Gasteiger charge is 2.13. The van der Waals surface area contributed by atoms with Crippen molar-refractivity contribution in [2.75, 3.05) is 53.0 Å². The predicted molar refractivity (Wildman–Crippen MR) is 94.5 cm³/mol. The molecule has 1 rings (SSSR count). The van der Waals surface area contributed by atoms with E-state index in [1.165, 1.54) is 38.9 Å². The van der Waals surface area contributed by atoms with Crippen LogP contribution in [0.1, 0.15) is 46.0 Å². The minimum Gasteiger partial charge on any atom is -0.382 e. The number of aliphatic imine (C=N–C) groups is 1. The Hall–Kier alpha value is -0.810. The molecule has 0 saturated carbocycles. The summed E-state index contributed by atoms with van der Waals surface area (Å²) in [6.07, 6.45) is 6.35. The van der Waals surface area contributed by atoms with Crippen LogP contribution < -0.4 is 10.6 Å². The number of rotatable bonds is 10. The van der Waals surface area contributed by atoms with Crippen LogP contribution in [0.2, 0.25) is 0 Å². The molecule has 0 aromatic carbocycles. The molecule has 22 heavy (non-hydrogen) atoms. The zero-order valence-corrected chi connectivity index (χ0v) is 14.9. The van der Waals surface area contributed by atoms with Crippen LogP contribution in [0, 0.1) is 5.92 Å². The van der Waals surface area contributed by atoms with Crippen LogP contribution in [0.5, 0.6) is 0 Å². The van der Waals surface area contributed by atoms with E-state index in [-0.39, 0.29) is 0 Å². The maximum absolute atomic E-state index is 5.34. The minimum absolute atomic E-state index is 0.648. The lowest BCUT2D eigenvalue weighted by atomic mass is 10.1. The summed E-state index contributed by atoms with van der Waals surface area (Å²) >= 11 is 0. The summed E-state index contributed by atoms with van der Waals surface area (Å²) in [6.45, 7) is 11.7. The van der Waals surface area contributed by atoms with Crippen LogP contribution in [-0.4, -0.2) is 63.8 Å². The van der Waals surface area contributed by atoms with E-state index in [2.05, 4.69) is 27.4 Å². The van der Waals surface area contributed by atoms with Gasteiger partial charge in [0.2, 0.25) is 0 Å². The third-order valence-corrected chi connectivity index (χ3v) is 4.07. The first-order valence-electron chi connectivity index (χ1n) is 9.00. The van der Waals surface area contributed by atoms with Gasteiger partial charge in [-0.05, 0) is 51.6 Å². The third-order valence-electron chi connectivity index (χ3n) is 4.07. The lowest BCUT2D eigenvalue weighted by molar-refractivity contribution is 0.143. The smallest absolute Gasteiger partial charge is 0.190 e. The van der Waals surface area contributed by atoms with E-state index in [1.54, 1.807) is 0 Å². The molecule has 0 aromatic rings. The normalized spacial score (nSPS) is 18.2. The van der Waals surface area contributed by atoms with Crippen molar-refractivity contribution in [2.45, 2.75) is 46.0 Å². The van der Waals surface area contributed by atoms with Gasteiger partial charge in [0.1, 0.15) is 0 Å². The fraction of sp³-hybridized carbons (Fsp3) is 0.941. The van der Waals surface area contributed by atoms with Crippen molar-refractivity contribution < 1.29 is 4.74 Å². The number of guanidine groups is 1. The van der Waals surface area contributed by atoms with Gasteiger partial charge in [-0.15, -0.1) is 0 Å². The Morgan fingerprint density at radius 1 is 1.18 bits per heavy atom. The van der Waals surface area contributed by atoms with Crippen molar-refractivity contribution in [3.8, 4) is 0 Å². The molecule has 1 atom stereocenters. The molecule has 0 aromatic heterocycles. The number of nitrogens with zero attached hydrogens (tertiary/aromatic N) is 2. The van der Waals surface area contributed by atoms with Gasteiger partial charge in [0, 0.05) is 39.9 Å². The predicted octanol–water partition coefficient (Wildman–Crippen LogP) is 2.09. The second kappa shape index (κ2) is 12.7. The van der Waals surface area contributed by atoms with Crippen LogP contribution in [0.4, 0.5) is 0 Å². The Bertz CT molecular complexity index is 290. The molecule has 1 unspecified atom stereocenters. The average molecular weight is 313 g/mol. The van der Waals surface area contributed by atoms with Gasteiger partial charge in [0.05, 0.1) is 0 Å². The SMILES string of the molecule is CCOCCCCNC(=NC)NCC(C)CN1CCCCC1. The molecular weight excluding hydrogens is 276 g/mol. The number of piperidine rings is 1. The second-order valence-electron chi connectivity index (χ2n) is 6.25. The Morgan fingerprint density at radius 2 is 1.95 bits per heavy atom. The number of ether oxygens (including phenoxy) is 1. The summed E-state index contributed by atoms with van der Waals surface area (Å²) < 4.78 is 5.34. The summed E-state index contributed by atoms with van der Waals surface area (Å²) in [5, 5.41) is 6.82. The molecule has 0 spiro atoms. The summed E-state index contributed by atoms with van der Waals surface area (Å²) in [5.41, 5.74) is 0. The molecule has 0 bridgehead atoms. The summed E-state index contributed by atoms with van der Waals surface area (Å²) in [5.74, 6) is 1.57. The van der Waals surface area contributed by atoms with E-state index in [4.69, 9.17) is 4.74 Å². The highest BCUT2D eigenvalue weighted by Crippen LogP contribution is 2.10. The maximum Gasteiger partial charge on any atom is 0.190 e. The molecule has 5 heteroatoms. The van der Waals surface area contributed by atoms with Crippen molar-refractivity contribution in [1.29, 1.82) is 0 Å². The molecule has 0 amide bonds. The van der Waals surface area contributed by atoms with Crippen LogP contribution in [0.25, 0.3) is 0 Å². The van der Waals surface area contributed by atoms with E-state index in [9.17, 15) is 0 Å². The molecule has 1 saturated heterocycles. The van der Waals surface area contributed by atoms with Crippen LogP contribution in [0.3, 0.4) is 0 Å². The molecule has 2 N–H and O–H groups in total. The molecule has 0 radical (unpaired) electrons. The molecule has 1 aliphatic heterocycles. The fourth-order valence-corrected chi connectivity index (χ4v) is 2.82. The highest BCUT2D eigenvalue weighted by atomic mass is 16.5. The van der Waals surface area contributed by atoms with Gasteiger partial charge in [0.25, 0.3) is 0 Å². The van der Waals surface area contributed by atoms with Crippen LogP contribution in [-0.2, 0) is 4.74 Å². The number of hydrogen-bond acceptors (Lipinski definition) is 3. The van der Waals surface area contributed by atoms with Gasteiger partial charge in [-0.2, -0.15) is 0 Å². The molecular formula is C17H36N4O. The first-order chi connectivity index (χ1) is 10.8. The first-order valence-corrected chi connectivity index (χ1v) is 9.00. The number of likely N-dealkylation sites (tertiary alicyclic amines) is 1. The Labute approximate surface area is 136 Å². The zero-order chi connectivity index (χ0) is 16.0. The molecule has 130 valence electrons. The number of unbranched alkanes of at least 4 members (excludes halogenated alkanes) is 1. The van der Waals surface area contributed by atoms with Gasteiger partial charge in [-0.3, -0.25) is 4.99 Å². The van der Waals surface area contributed by atoms with E-state index in [0.29, 0.717) is 5.92 Å². The molecule has 1 aliphatic rings. The monoisotopic (exact) mass is 312 g/mol. The summed E-state index contributed by atoms with van der Waals surface area (Å²) in [6, 6.07) is 0. The van der Waals surface area contributed by atoms with Gasteiger partial charge in [-0.25, -0.2) is 0 Å². The second-order valence-corrected chi connectivity index (χ2v) is 6.25. The number of hydrogen-bond donors (Lipinski definition) is 2. The molecule has 1 fully saturated rings. The quantitative estimate of drug-likeness (QED) is 0.368. The molecule has 5 nitrogen and oxygen atoms in total. The van der Waals surface area contributed by atoms with Crippen molar-refractivity contribution >= 4 is 5.96 Å². The number of nitrogens with one attached hydrogen (secondary N) is 2. The van der Waals surface area contributed by atoms with Gasteiger partial charge in [0.15, 0.2) is 5.96 Å². The van der Waals surface area contributed by atoms with Crippen molar-refractivity contribution in [3.05, 3.63) is 0 Å². The van der Waals surface area contributed by atoms with E-state index >= 15 is 0 Å². The van der Waals surface area contributed by atoms with Crippen molar-refractivity contribution in [1.82, 2.24) is 15.5 Å². The zero-order valence-electron chi connectivity index (χ0n) is 14.9. The van der Waals surface area contributed by atoms with Crippen molar-refractivity contribution in [3.63, 3.8) is 0 Å². The van der Waals surface area contributed by atoms with Crippen LogP contribution in [0.15, 0.2) is 4.99 Å². The third kappa shape index (κ3) is 9.26. The fourth-order valence-electron chi connectivity index (χ4n) is 2.82. The van der Waals surface area contributed by atoms with Gasteiger partial charge < -0.3 is 20.3 Å². The average Bonchev–Trinajstić information content (AvgIpc) is 2.54. The Balaban J connectivity index is 2.06. The van der Waals surface area contributed by atoms with E-state index in [1.807, 2.05) is 14.0 Å². The van der Waals surface area contributed by atoms with Crippen molar-refractivity contribution in [2.24, 2.45) is 10.9 Å². The molecule has 1 heterocycles. The first kappa shape index (κ1) is 19.2. The summed E-state index contributed by atoms with van der Waals surface area (Å²) in [7, 11) is 1.84. The van der Waals surface area contributed by atoms with Crippen LogP contribution >= 0.6 is 0 Å². The van der Waals surface area contributed by atoms with Gasteiger partial charge in [-0.1, -0.05) is 13.3 Å². The topological polar surface area (TPSA) is 48.9 Å². The Morgan fingerprint density at radius 3 is 2.64 bits per heavy atom. The lowest BCUT2D eigenvalue weighted by Gasteiger charge is -2.29. The molecule has 0 aliphatic carbocycles.